The maximum Gasteiger partial charge on any atom is 0.306 e. The van der Waals surface area contributed by atoms with Crippen molar-refractivity contribution in [3.8, 4) is 0 Å². The van der Waals surface area contributed by atoms with Gasteiger partial charge in [-0.3, -0.25) is 14.4 Å². The predicted octanol–water partition coefficient (Wildman–Crippen LogP) is 19.9. The van der Waals surface area contributed by atoms with Crippen molar-refractivity contribution in [1.82, 2.24) is 0 Å². The first kappa shape index (κ1) is 67.1. The molecule has 0 bridgehead atoms. The molecular formula is C65H108O6. The van der Waals surface area contributed by atoms with E-state index in [0.717, 1.165) is 148 Å². The van der Waals surface area contributed by atoms with Crippen LogP contribution in [-0.4, -0.2) is 37.2 Å². The van der Waals surface area contributed by atoms with E-state index in [-0.39, 0.29) is 31.1 Å². The fraction of sp³-hybridized carbons (Fsp3) is 0.677. The molecule has 6 heteroatoms. The highest BCUT2D eigenvalue weighted by molar-refractivity contribution is 5.71. The highest BCUT2D eigenvalue weighted by Crippen LogP contribution is 2.14. The molecule has 0 amide bonds. The van der Waals surface area contributed by atoms with E-state index in [9.17, 15) is 14.4 Å². The topological polar surface area (TPSA) is 78.9 Å². The Balaban J connectivity index is 4.47. The molecule has 0 N–H and O–H groups in total. The number of allylic oxidation sites excluding steroid dienone is 18. The molecule has 0 aliphatic rings. The zero-order chi connectivity index (χ0) is 51.4. The molecule has 0 aromatic rings. The summed E-state index contributed by atoms with van der Waals surface area (Å²) in [6, 6.07) is 0. The number of ether oxygens (including phenoxy) is 3. The molecule has 0 spiro atoms. The number of esters is 3. The molecule has 6 nitrogen and oxygen atoms in total. The Kier molecular flexibility index (Phi) is 55.4. The predicted molar refractivity (Wildman–Crippen MR) is 307 cm³/mol. The van der Waals surface area contributed by atoms with E-state index < -0.39 is 6.10 Å². The van der Waals surface area contributed by atoms with E-state index in [1.807, 2.05) is 0 Å². The molecule has 0 aromatic carbocycles. The van der Waals surface area contributed by atoms with Crippen molar-refractivity contribution in [2.24, 2.45) is 0 Å². The van der Waals surface area contributed by atoms with Crippen molar-refractivity contribution in [2.75, 3.05) is 13.2 Å². The van der Waals surface area contributed by atoms with E-state index in [4.69, 9.17) is 14.2 Å². The lowest BCUT2D eigenvalue weighted by Crippen LogP contribution is -2.30. The van der Waals surface area contributed by atoms with E-state index in [0.29, 0.717) is 19.3 Å². The van der Waals surface area contributed by atoms with Gasteiger partial charge in [0.25, 0.3) is 0 Å². The molecule has 0 aliphatic carbocycles. The van der Waals surface area contributed by atoms with Crippen LogP contribution in [0.4, 0.5) is 0 Å². The van der Waals surface area contributed by atoms with Crippen molar-refractivity contribution in [1.29, 1.82) is 0 Å². The molecule has 0 aliphatic heterocycles. The monoisotopic (exact) mass is 985 g/mol. The Bertz CT molecular complexity index is 1460. The summed E-state index contributed by atoms with van der Waals surface area (Å²) in [4.78, 5) is 38.2. The normalized spacial score (nSPS) is 12.9. The summed E-state index contributed by atoms with van der Waals surface area (Å²) < 4.78 is 16.8. The first-order valence-electron chi connectivity index (χ1n) is 29.4. The summed E-state index contributed by atoms with van der Waals surface area (Å²) in [5.41, 5.74) is 0. The van der Waals surface area contributed by atoms with Gasteiger partial charge >= 0.3 is 17.9 Å². The van der Waals surface area contributed by atoms with Crippen molar-refractivity contribution in [3.63, 3.8) is 0 Å². The number of unbranched alkanes of at least 4 members (excludes halogenated alkanes) is 23. The SMILES string of the molecule is CC/C=C\C/C=C\C/C=C\C/C=C\CCCCCCC(=O)OC(COC(=O)CCCCCCC/C=C\C/C=C\CCCCC)COC(=O)CCCCCCCC/C=C\C/C=C\C/C=C\CCCCCCC. The van der Waals surface area contributed by atoms with Gasteiger partial charge in [0.1, 0.15) is 13.2 Å². The lowest BCUT2D eigenvalue weighted by molar-refractivity contribution is -0.167. The Morgan fingerprint density at radius 1 is 0.296 bits per heavy atom. The zero-order valence-electron chi connectivity index (χ0n) is 46.2. The average Bonchev–Trinajstić information content (AvgIpc) is 3.37. The fourth-order valence-electron chi connectivity index (χ4n) is 7.82. The summed E-state index contributed by atoms with van der Waals surface area (Å²) >= 11 is 0. The van der Waals surface area contributed by atoms with Crippen LogP contribution < -0.4 is 0 Å². The van der Waals surface area contributed by atoms with Crippen molar-refractivity contribution in [3.05, 3.63) is 109 Å². The highest BCUT2D eigenvalue weighted by atomic mass is 16.6. The third kappa shape index (κ3) is 56.9. The summed E-state index contributed by atoms with van der Waals surface area (Å²) in [6.07, 6.45) is 79.3. The molecular weight excluding hydrogens is 877 g/mol. The van der Waals surface area contributed by atoms with Crippen molar-refractivity contribution < 1.29 is 28.6 Å². The van der Waals surface area contributed by atoms with Crippen LogP contribution in [0, 0.1) is 0 Å². The molecule has 0 saturated carbocycles. The minimum Gasteiger partial charge on any atom is -0.462 e. The van der Waals surface area contributed by atoms with Crippen LogP contribution in [0.2, 0.25) is 0 Å². The second-order valence-corrected chi connectivity index (χ2v) is 19.2. The standard InChI is InChI=1S/C65H108O6/c1-4-7-10-13-16-19-22-25-28-30-31-32-33-35-37-40-43-46-49-52-55-58-64(67)70-61-62(60-69-63(66)57-54-51-48-45-42-39-36-27-24-21-18-15-12-9-6-3)71-65(68)59-56-53-50-47-44-41-38-34-29-26-23-20-17-14-11-8-5-2/h8,11,17-18,20-22,25-27,29-31,33,35-36,38,41,62H,4-7,9-10,12-16,19,23-24,28,32,34,37,39-40,42-61H2,1-3H3/b11-8-,20-17-,21-18-,25-22-,29-26-,31-30-,35-33-,36-27-,41-38-. The number of hydrogen-bond acceptors (Lipinski definition) is 6. The van der Waals surface area contributed by atoms with Crippen LogP contribution in [0.1, 0.15) is 265 Å². The second-order valence-electron chi connectivity index (χ2n) is 19.2. The third-order valence-corrected chi connectivity index (χ3v) is 12.2. The highest BCUT2D eigenvalue weighted by Gasteiger charge is 2.19. The fourth-order valence-corrected chi connectivity index (χ4v) is 7.82. The molecule has 71 heavy (non-hydrogen) atoms. The smallest absolute Gasteiger partial charge is 0.306 e. The first-order valence-corrected chi connectivity index (χ1v) is 29.4. The maximum atomic E-state index is 12.9. The van der Waals surface area contributed by atoms with Crippen molar-refractivity contribution in [2.45, 2.75) is 271 Å². The molecule has 404 valence electrons. The number of rotatable bonds is 52. The zero-order valence-corrected chi connectivity index (χ0v) is 46.2. The molecule has 0 saturated heterocycles. The minimum atomic E-state index is -0.805. The molecule has 1 unspecified atom stereocenters. The van der Waals surface area contributed by atoms with Gasteiger partial charge in [-0.2, -0.15) is 0 Å². The molecule has 1 atom stereocenters. The Labute approximate surface area is 438 Å². The van der Waals surface area contributed by atoms with Gasteiger partial charge in [-0.05, 0) is 128 Å². The number of carbonyl (C=O) groups is 3. The van der Waals surface area contributed by atoms with Gasteiger partial charge in [0.15, 0.2) is 6.10 Å². The molecule has 0 radical (unpaired) electrons. The largest absolute Gasteiger partial charge is 0.462 e. The second kappa shape index (κ2) is 58.6. The average molecular weight is 986 g/mol. The van der Waals surface area contributed by atoms with E-state index in [1.165, 1.54) is 77.0 Å². The summed E-state index contributed by atoms with van der Waals surface area (Å²) in [6.45, 7) is 6.45. The van der Waals surface area contributed by atoms with Crippen molar-refractivity contribution >= 4 is 17.9 Å². The summed E-state index contributed by atoms with van der Waals surface area (Å²) in [5, 5.41) is 0. The van der Waals surface area contributed by atoms with Crippen LogP contribution in [0.5, 0.6) is 0 Å². The number of hydrogen-bond donors (Lipinski definition) is 0. The lowest BCUT2D eigenvalue weighted by Gasteiger charge is -2.18. The molecule has 0 aromatic heterocycles. The van der Waals surface area contributed by atoms with Gasteiger partial charge in [-0.25, -0.2) is 0 Å². The molecule has 0 fully saturated rings. The number of carbonyl (C=O) groups excluding carboxylic acids is 3. The molecule has 0 heterocycles. The van der Waals surface area contributed by atoms with Gasteiger partial charge in [0, 0.05) is 19.3 Å². The van der Waals surface area contributed by atoms with E-state index in [2.05, 4.69) is 130 Å². The van der Waals surface area contributed by atoms with Crippen LogP contribution in [0.15, 0.2) is 109 Å². The van der Waals surface area contributed by atoms with Gasteiger partial charge in [0.05, 0.1) is 0 Å². The summed E-state index contributed by atoms with van der Waals surface area (Å²) in [7, 11) is 0. The Morgan fingerprint density at radius 3 is 0.887 bits per heavy atom. The van der Waals surface area contributed by atoms with Gasteiger partial charge in [0.2, 0.25) is 0 Å². The lowest BCUT2D eigenvalue weighted by atomic mass is 10.1. The van der Waals surface area contributed by atoms with Crippen LogP contribution in [-0.2, 0) is 28.6 Å². The van der Waals surface area contributed by atoms with Crippen LogP contribution in [0.3, 0.4) is 0 Å². The minimum absolute atomic E-state index is 0.101. The van der Waals surface area contributed by atoms with Gasteiger partial charge in [-0.15, -0.1) is 0 Å². The third-order valence-electron chi connectivity index (χ3n) is 12.2. The summed E-state index contributed by atoms with van der Waals surface area (Å²) in [5.74, 6) is -0.949. The van der Waals surface area contributed by atoms with E-state index >= 15 is 0 Å². The van der Waals surface area contributed by atoms with Crippen LogP contribution >= 0.6 is 0 Å². The van der Waals surface area contributed by atoms with E-state index in [1.54, 1.807) is 0 Å². The Hall–Kier alpha value is -3.93. The van der Waals surface area contributed by atoms with Gasteiger partial charge < -0.3 is 14.2 Å². The first-order chi connectivity index (χ1) is 35.0. The Morgan fingerprint density at radius 2 is 0.549 bits per heavy atom. The maximum absolute atomic E-state index is 12.9. The molecule has 0 rings (SSSR count). The van der Waals surface area contributed by atoms with Gasteiger partial charge in [-0.1, -0.05) is 226 Å². The quantitative estimate of drug-likeness (QED) is 0.0261. The van der Waals surface area contributed by atoms with Crippen LogP contribution in [0.25, 0.3) is 0 Å².